The molecule has 6 nitrogen and oxygen atoms in total. The predicted octanol–water partition coefficient (Wildman–Crippen LogP) is 4.53. The summed E-state index contributed by atoms with van der Waals surface area (Å²) < 4.78 is 6.54. The first-order valence-electron chi connectivity index (χ1n) is 10.7. The minimum absolute atomic E-state index is 0.107. The van der Waals surface area contributed by atoms with Crippen LogP contribution in [0.3, 0.4) is 0 Å². The van der Waals surface area contributed by atoms with Crippen LogP contribution >= 0.6 is 15.9 Å². The van der Waals surface area contributed by atoms with Gasteiger partial charge in [-0.2, -0.15) is 0 Å². The van der Waals surface area contributed by atoms with Gasteiger partial charge in [0.15, 0.2) is 0 Å². The molecule has 1 saturated heterocycles. The number of carbonyl (C=O) groups excluding carboxylic acids is 2. The topological polar surface area (TPSA) is 70.1 Å². The van der Waals surface area contributed by atoms with Crippen molar-refractivity contribution < 1.29 is 19.4 Å². The van der Waals surface area contributed by atoms with E-state index < -0.39 is 17.7 Å². The molecule has 0 bridgehead atoms. The predicted molar refractivity (Wildman–Crippen MR) is 129 cm³/mol. The van der Waals surface area contributed by atoms with Crippen LogP contribution < -0.4 is 4.74 Å². The third kappa shape index (κ3) is 5.05. The fourth-order valence-corrected chi connectivity index (χ4v) is 4.15. The largest absolute Gasteiger partial charge is 0.507 e. The van der Waals surface area contributed by atoms with E-state index in [4.69, 9.17) is 4.74 Å². The van der Waals surface area contributed by atoms with Gasteiger partial charge in [0.25, 0.3) is 11.7 Å². The van der Waals surface area contributed by atoms with Gasteiger partial charge in [-0.05, 0) is 76.3 Å². The fourth-order valence-electron chi connectivity index (χ4n) is 3.90. The molecule has 0 aromatic heterocycles. The zero-order chi connectivity index (χ0) is 23.4. The van der Waals surface area contributed by atoms with Gasteiger partial charge in [0, 0.05) is 16.6 Å². The molecule has 1 heterocycles. The van der Waals surface area contributed by atoms with Crippen molar-refractivity contribution in [2.24, 2.45) is 0 Å². The van der Waals surface area contributed by atoms with Gasteiger partial charge in [0.1, 0.15) is 11.5 Å². The Morgan fingerprint density at radius 1 is 1.19 bits per heavy atom. The highest BCUT2D eigenvalue weighted by atomic mass is 79.9. The van der Waals surface area contributed by atoms with E-state index in [1.54, 1.807) is 17.0 Å². The van der Waals surface area contributed by atoms with Crippen LogP contribution in [0, 0.1) is 6.92 Å². The Balaban J connectivity index is 2.12. The van der Waals surface area contributed by atoms with Crippen LogP contribution in [-0.2, 0) is 9.59 Å². The Morgan fingerprint density at radius 3 is 2.59 bits per heavy atom. The normalized spacial score (nSPS) is 17.9. The summed E-state index contributed by atoms with van der Waals surface area (Å²) in [5, 5.41) is 11.2. The number of aryl methyl sites for hydroxylation is 1. The lowest BCUT2D eigenvalue weighted by atomic mass is 9.94. The summed E-state index contributed by atoms with van der Waals surface area (Å²) in [7, 11) is 3.93. The van der Waals surface area contributed by atoms with Crippen LogP contribution in [0.15, 0.2) is 52.5 Å². The third-order valence-electron chi connectivity index (χ3n) is 5.46. The van der Waals surface area contributed by atoms with E-state index >= 15 is 0 Å². The monoisotopic (exact) mass is 500 g/mol. The number of nitrogens with zero attached hydrogens (tertiary/aromatic N) is 2. The van der Waals surface area contributed by atoms with Crippen LogP contribution in [-0.4, -0.2) is 60.4 Å². The van der Waals surface area contributed by atoms with Crippen molar-refractivity contribution in [3.05, 3.63) is 69.2 Å². The Hall–Kier alpha value is -2.64. The summed E-state index contributed by atoms with van der Waals surface area (Å²) in [6, 6.07) is 12.0. The van der Waals surface area contributed by atoms with Crippen molar-refractivity contribution >= 4 is 33.4 Å². The van der Waals surface area contributed by atoms with E-state index in [0.717, 1.165) is 22.1 Å². The van der Waals surface area contributed by atoms with E-state index in [0.29, 0.717) is 30.9 Å². The van der Waals surface area contributed by atoms with Crippen molar-refractivity contribution in [3.63, 3.8) is 0 Å². The van der Waals surface area contributed by atoms with E-state index in [9.17, 15) is 14.7 Å². The van der Waals surface area contributed by atoms with Gasteiger partial charge in [-0.25, -0.2) is 0 Å². The number of aliphatic hydroxyl groups is 1. The van der Waals surface area contributed by atoms with Crippen molar-refractivity contribution in [2.45, 2.75) is 26.3 Å². The van der Waals surface area contributed by atoms with Crippen molar-refractivity contribution in [1.82, 2.24) is 9.80 Å². The molecule has 0 aliphatic carbocycles. The molecule has 0 radical (unpaired) electrons. The van der Waals surface area contributed by atoms with Crippen LogP contribution in [0.4, 0.5) is 0 Å². The summed E-state index contributed by atoms with van der Waals surface area (Å²) in [6.07, 6.45) is 0.707. The second-order valence-corrected chi connectivity index (χ2v) is 8.97. The van der Waals surface area contributed by atoms with E-state index in [1.807, 2.05) is 63.2 Å². The molecule has 0 saturated carbocycles. The second kappa shape index (κ2) is 10.3. The second-order valence-electron chi connectivity index (χ2n) is 8.12. The average molecular weight is 501 g/mol. The molecule has 2 aromatic carbocycles. The van der Waals surface area contributed by atoms with Gasteiger partial charge in [-0.15, -0.1) is 0 Å². The number of hydrogen-bond acceptors (Lipinski definition) is 5. The Kier molecular flexibility index (Phi) is 7.74. The summed E-state index contributed by atoms with van der Waals surface area (Å²) in [5.74, 6) is -0.769. The molecule has 170 valence electrons. The first kappa shape index (κ1) is 24.0. The molecule has 1 fully saturated rings. The van der Waals surface area contributed by atoms with E-state index in [2.05, 4.69) is 15.9 Å². The lowest BCUT2D eigenvalue weighted by molar-refractivity contribution is -0.139. The van der Waals surface area contributed by atoms with Crippen LogP contribution in [0.25, 0.3) is 5.76 Å². The van der Waals surface area contributed by atoms with Gasteiger partial charge in [-0.1, -0.05) is 34.1 Å². The first-order valence-corrected chi connectivity index (χ1v) is 11.5. The number of ether oxygens (including phenoxy) is 1. The van der Waals surface area contributed by atoms with Gasteiger partial charge in [0.05, 0.1) is 18.2 Å². The lowest BCUT2D eigenvalue weighted by Gasteiger charge is -2.26. The summed E-state index contributed by atoms with van der Waals surface area (Å²) in [6.45, 7) is 5.49. The number of benzene rings is 2. The maximum Gasteiger partial charge on any atom is 0.295 e. The van der Waals surface area contributed by atoms with Gasteiger partial charge in [-0.3, -0.25) is 9.59 Å². The highest BCUT2D eigenvalue weighted by molar-refractivity contribution is 9.10. The maximum atomic E-state index is 13.1. The molecular formula is C25H29BrN2O4. The van der Waals surface area contributed by atoms with Crippen molar-refractivity contribution in [1.29, 1.82) is 0 Å². The smallest absolute Gasteiger partial charge is 0.295 e. The van der Waals surface area contributed by atoms with Crippen LogP contribution in [0.2, 0.25) is 0 Å². The number of Topliss-reactive ketones (excluding diaryl/α,β-unsaturated/α-hetero) is 1. The number of rotatable bonds is 8. The maximum absolute atomic E-state index is 13.1. The highest BCUT2D eigenvalue weighted by Crippen LogP contribution is 2.40. The third-order valence-corrected chi connectivity index (χ3v) is 6.35. The van der Waals surface area contributed by atoms with Crippen LogP contribution in [0.1, 0.15) is 36.1 Å². The van der Waals surface area contributed by atoms with Crippen LogP contribution in [0.5, 0.6) is 5.75 Å². The number of amides is 1. The molecule has 3 rings (SSSR count). The molecule has 0 spiro atoms. The van der Waals surface area contributed by atoms with Gasteiger partial charge < -0.3 is 19.6 Å². The van der Waals surface area contributed by atoms with Gasteiger partial charge >= 0.3 is 0 Å². The lowest BCUT2D eigenvalue weighted by Crippen LogP contribution is -2.32. The summed E-state index contributed by atoms with van der Waals surface area (Å²) >= 11 is 3.46. The molecule has 1 atom stereocenters. The number of ketones is 1. The highest BCUT2D eigenvalue weighted by Gasteiger charge is 2.45. The Morgan fingerprint density at radius 2 is 1.94 bits per heavy atom. The average Bonchev–Trinajstić information content (AvgIpc) is 3.00. The van der Waals surface area contributed by atoms with Gasteiger partial charge in [0.2, 0.25) is 0 Å². The summed E-state index contributed by atoms with van der Waals surface area (Å²) in [5.41, 5.74) is 2.26. The minimum Gasteiger partial charge on any atom is -0.507 e. The summed E-state index contributed by atoms with van der Waals surface area (Å²) in [4.78, 5) is 29.7. The number of halogens is 1. The number of likely N-dealkylation sites (tertiary alicyclic amines) is 1. The zero-order valence-electron chi connectivity index (χ0n) is 18.9. The van der Waals surface area contributed by atoms with Crippen molar-refractivity contribution in [3.8, 4) is 5.75 Å². The molecule has 7 heteroatoms. The molecule has 1 amide bonds. The fraction of sp³-hybridized carbons (Fsp3) is 0.360. The van der Waals surface area contributed by atoms with E-state index in [-0.39, 0.29) is 11.3 Å². The molecule has 32 heavy (non-hydrogen) atoms. The molecule has 1 aliphatic heterocycles. The SMILES string of the molecule is CCOc1cccc(C2/C(=C(/O)c3ccc(Br)c(C)c3)C(=O)C(=O)N2CCCN(C)C)c1. The minimum atomic E-state index is -0.679. The standard InChI is InChI=1S/C25H29BrN2O4/c1-5-32-19-9-6-8-17(15-19)22-21(23(29)18-10-11-20(26)16(2)14-18)24(30)25(31)28(22)13-7-12-27(3)4/h6,8-11,14-15,22,29H,5,7,12-13H2,1-4H3/b23-21-. The number of aliphatic hydroxyl groups excluding tert-OH is 1. The zero-order valence-corrected chi connectivity index (χ0v) is 20.5. The molecule has 1 aliphatic rings. The Bertz CT molecular complexity index is 1050. The van der Waals surface area contributed by atoms with Crippen molar-refractivity contribution in [2.75, 3.05) is 33.8 Å². The number of carbonyl (C=O) groups is 2. The molecule has 2 aromatic rings. The Labute approximate surface area is 197 Å². The molecule has 1 unspecified atom stereocenters. The quantitative estimate of drug-likeness (QED) is 0.327. The number of hydrogen-bond donors (Lipinski definition) is 1. The molecular weight excluding hydrogens is 472 g/mol. The van der Waals surface area contributed by atoms with E-state index in [1.165, 1.54) is 0 Å². The molecule has 1 N–H and O–H groups in total. The first-order chi connectivity index (χ1) is 15.2.